The van der Waals surface area contributed by atoms with Gasteiger partial charge in [0.15, 0.2) is 0 Å². The zero-order chi connectivity index (χ0) is 11.8. The van der Waals surface area contributed by atoms with Gasteiger partial charge < -0.3 is 0 Å². The number of rotatable bonds is 3. The average molecular weight is 474 g/mol. The molecule has 1 aliphatic carbocycles. The molecule has 1 aromatic carbocycles. The molecule has 0 saturated heterocycles. The molecule has 1 aromatic rings. The van der Waals surface area contributed by atoms with E-state index in [1.807, 2.05) is 0 Å². The standard InChI is InChI=1S/C13H16.2HI.Ti/c1-2-3-6-11-9-10-12-7-4-5-8-13(11)12;;;/h4-5,7-11H,2-3,6H2,1H3;2*1H;/q;;;+2/p-2. The van der Waals surface area contributed by atoms with Gasteiger partial charge in [0.05, 0.1) is 0 Å². The molecule has 0 spiro atoms. The number of fused-ring (bicyclic) bond motifs is 1. The molecular weight excluding hydrogens is 458 g/mol. The zero-order valence-corrected chi connectivity index (χ0v) is 15.3. The molecule has 0 N–H and O–H groups in total. The second kappa shape index (κ2) is 9.12. The number of unbranched alkanes of at least 4 members (excludes halogenated alkanes) is 1. The van der Waals surface area contributed by atoms with Crippen LogP contribution in [0.1, 0.15) is 43.2 Å². The van der Waals surface area contributed by atoms with Crippen LogP contribution in [0, 0.1) is 0 Å². The summed E-state index contributed by atoms with van der Waals surface area (Å²) in [6.45, 7) is 2.25. The topological polar surface area (TPSA) is 0 Å². The van der Waals surface area contributed by atoms with Gasteiger partial charge in [-0.15, -0.1) is 0 Å². The molecule has 0 radical (unpaired) electrons. The van der Waals surface area contributed by atoms with Gasteiger partial charge in [0, 0.05) is 5.92 Å². The predicted molar refractivity (Wildman–Crippen MR) is 85.8 cm³/mol. The van der Waals surface area contributed by atoms with E-state index in [4.69, 9.17) is 0 Å². The Morgan fingerprint density at radius 3 is 2.62 bits per heavy atom. The third-order valence-electron chi connectivity index (χ3n) is 2.77. The fourth-order valence-electron chi connectivity index (χ4n) is 2.00. The summed E-state index contributed by atoms with van der Waals surface area (Å²) in [7, 11) is 0. The Balaban J connectivity index is 0.000000386. The van der Waals surface area contributed by atoms with Crippen molar-refractivity contribution in [2.24, 2.45) is 0 Å². The number of halogens is 2. The van der Waals surface area contributed by atoms with Gasteiger partial charge in [0.2, 0.25) is 0 Å². The minimum atomic E-state index is 0.440. The van der Waals surface area contributed by atoms with Crippen LogP contribution in [0.3, 0.4) is 0 Å². The molecule has 0 nitrogen and oxygen atoms in total. The van der Waals surface area contributed by atoms with E-state index in [0.717, 1.165) is 0 Å². The van der Waals surface area contributed by atoms with E-state index < -0.39 is 0 Å². The third-order valence-corrected chi connectivity index (χ3v) is 2.77. The number of allylic oxidation sites excluding steroid dienone is 1. The molecule has 0 aromatic heterocycles. The first kappa shape index (κ1) is 15.2. The van der Waals surface area contributed by atoms with E-state index in [1.165, 1.54) is 30.4 Å². The molecule has 0 saturated carbocycles. The molecule has 1 unspecified atom stereocenters. The third kappa shape index (κ3) is 4.79. The molecule has 3 heteroatoms. The fourth-order valence-corrected chi connectivity index (χ4v) is 2.00. The quantitative estimate of drug-likeness (QED) is 0.387. The van der Waals surface area contributed by atoms with Crippen LogP contribution in [0.4, 0.5) is 0 Å². The van der Waals surface area contributed by atoms with Gasteiger partial charge in [-0.05, 0) is 17.5 Å². The Morgan fingerprint density at radius 1 is 1.25 bits per heavy atom. The van der Waals surface area contributed by atoms with Crippen LogP contribution < -0.4 is 0 Å². The van der Waals surface area contributed by atoms with E-state index in [2.05, 4.69) is 81.7 Å². The molecule has 1 aliphatic rings. The molecule has 0 aliphatic heterocycles. The van der Waals surface area contributed by atoms with Crippen LogP contribution in [-0.2, 0) is 11.7 Å². The summed E-state index contributed by atoms with van der Waals surface area (Å²) in [6.07, 6.45) is 8.55. The van der Waals surface area contributed by atoms with Crippen LogP contribution in [-0.4, -0.2) is 0 Å². The van der Waals surface area contributed by atoms with E-state index in [1.54, 1.807) is 0 Å². The normalized spacial score (nSPS) is 16.3. The summed E-state index contributed by atoms with van der Waals surface area (Å²) >= 11 is 5.24. The van der Waals surface area contributed by atoms with Crippen LogP contribution in [0.2, 0.25) is 0 Å². The second-order valence-electron chi connectivity index (χ2n) is 3.81. The molecule has 2 rings (SSSR count). The molecule has 0 amide bonds. The Hall–Kier alpha value is 1.13. The van der Waals surface area contributed by atoms with E-state index in [9.17, 15) is 0 Å². The van der Waals surface area contributed by atoms with Gasteiger partial charge in [0.1, 0.15) is 0 Å². The predicted octanol–water partition coefficient (Wildman–Crippen LogP) is 5.76. The van der Waals surface area contributed by atoms with Gasteiger partial charge in [-0.2, -0.15) is 0 Å². The molecule has 0 bridgehead atoms. The molecular formula is C13H16I2Ti. The van der Waals surface area contributed by atoms with Crippen LogP contribution in [0.25, 0.3) is 6.08 Å². The van der Waals surface area contributed by atoms with E-state index in [0.29, 0.717) is 17.6 Å². The van der Waals surface area contributed by atoms with E-state index >= 15 is 0 Å². The van der Waals surface area contributed by atoms with Crippen molar-refractivity contribution in [2.75, 3.05) is 0 Å². The Morgan fingerprint density at radius 2 is 1.94 bits per heavy atom. The SMILES string of the molecule is CCCCC1C=Cc2ccccc21.[I][Ti][I]. The first-order chi connectivity index (χ1) is 7.83. The van der Waals surface area contributed by atoms with Crippen molar-refractivity contribution in [1.29, 1.82) is 0 Å². The van der Waals surface area contributed by atoms with Crippen molar-refractivity contribution in [3.63, 3.8) is 0 Å². The van der Waals surface area contributed by atoms with Gasteiger partial charge in [0.25, 0.3) is 0 Å². The summed E-state index contributed by atoms with van der Waals surface area (Å²) in [5.41, 5.74) is 2.94. The molecule has 1 atom stereocenters. The summed E-state index contributed by atoms with van der Waals surface area (Å²) < 4.78 is 0. The van der Waals surface area contributed by atoms with Gasteiger partial charge >= 0.3 is 50.0 Å². The van der Waals surface area contributed by atoms with Gasteiger partial charge in [-0.1, -0.05) is 56.2 Å². The van der Waals surface area contributed by atoms with Gasteiger partial charge in [-0.25, -0.2) is 0 Å². The summed E-state index contributed by atoms with van der Waals surface area (Å²) in [5.74, 6) is 0.691. The molecule has 0 heterocycles. The summed E-state index contributed by atoms with van der Waals surface area (Å²) in [5, 5.41) is 0. The summed E-state index contributed by atoms with van der Waals surface area (Å²) in [4.78, 5) is 0. The maximum absolute atomic E-state index is 2.40. The first-order valence-electron chi connectivity index (χ1n) is 5.56. The first-order valence-corrected chi connectivity index (χ1v) is 15.6. The fraction of sp³-hybridized carbons (Fsp3) is 0.385. The molecule has 0 fully saturated rings. The number of hydrogen-bond donors (Lipinski definition) is 0. The van der Waals surface area contributed by atoms with Crippen molar-refractivity contribution in [2.45, 2.75) is 32.1 Å². The average Bonchev–Trinajstić information content (AvgIpc) is 2.71. The number of hydrogen-bond acceptors (Lipinski definition) is 0. The monoisotopic (exact) mass is 474 g/mol. The van der Waals surface area contributed by atoms with Crippen molar-refractivity contribution >= 4 is 44.5 Å². The van der Waals surface area contributed by atoms with Gasteiger partial charge in [-0.3, -0.25) is 0 Å². The Kier molecular flexibility index (Phi) is 8.66. The Bertz CT molecular complexity index is 336. The van der Waals surface area contributed by atoms with E-state index in [-0.39, 0.29) is 0 Å². The van der Waals surface area contributed by atoms with Crippen molar-refractivity contribution in [3.05, 3.63) is 41.5 Å². The number of benzene rings is 1. The minimum absolute atomic E-state index is 0.440. The zero-order valence-electron chi connectivity index (χ0n) is 9.42. The molecule has 86 valence electrons. The van der Waals surface area contributed by atoms with Crippen LogP contribution in [0.5, 0.6) is 0 Å². The Labute approximate surface area is 128 Å². The molecule has 16 heavy (non-hydrogen) atoms. The van der Waals surface area contributed by atoms with Crippen LogP contribution in [0.15, 0.2) is 30.3 Å². The van der Waals surface area contributed by atoms with Crippen molar-refractivity contribution in [1.82, 2.24) is 0 Å². The van der Waals surface area contributed by atoms with Crippen molar-refractivity contribution in [3.8, 4) is 0 Å². The maximum atomic E-state index is 2.40. The second-order valence-corrected chi connectivity index (χ2v) is 17.0. The van der Waals surface area contributed by atoms with Crippen molar-refractivity contribution < 1.29 is 11.7 Å². The summed E-state index contributed by atoms with van der Waals surface area (Å²) in [6, 6.07) is 8.73. The van der Waals surface area contributed by atoms with Crippen LogP contribution >= 0.6 is 38.4 Å².